The molecule has 1 N–H and O–H groups in total. The van der Waals surface area contributed by atoms with E-state index in [0.717, 1.165) is 12.5 Å². The summed E-state index contributed by atoms with van der Waals surface area (Å²) < 4.78 is 0. The van der Waals surface area contributed by atoms with Gasteiger partial charge in [0.05, 0.1) is 0 Å². The van der Waals surface area contributed by atoms with Crippen molar-refractivity contribution in [2.24, 2.45) is 5.92 Å². The third-order valence-electron chi connectivity index (χ3n) is 2.63. The zero-order chi connectivity index (χ0) is 12.6. The van der Waals surface area contributed by atoms with Crippen LogP contribution in [0.5, 0.6) is 0 Å². The molecule has 2 heteroatoms. The maximum atomic E-state index is 3.54. The zero-order valence-corrected chi connectivity index (χ0v) is 12.3. The Labute approximate surface area is 103 Å². The number of nitrogens with zero attached hydrogens (tertiary/aromatic N) is 1. The Morgan fingerprint density at radius 1 is 1.12 bits per heavy atom. The standard InChI is InChI=1S/C14H32N2/c1-7-16(12-13(2)3)11-9-8-10-15-14(4,5)6/h13,15H,7-12H2,1-6H3. The predicted octanol–water partition coefficient (Wildman–Crippen LogP) is 3.13. The van der Waals surface area contributed by atoms with E-state index in [1.165, 1.54) is 32.5 Å². The molecule has 0 aromatic carbocycles. The highest BCUT2D eigenvalue weighted by Crippen LogP contribution is 2.02. The first kappa shape index (κ1) is 15.9. The molecule has 0 aliphatic heterocycles. The summed E-state index contributed by atoms with van der Waals surface area (Å²) in [6, 6.07) is 0. The number of rotatable bonds is 8. The highest BCUT2D eigenvalue weighted by atomic mass is 15.1. The average Bonchev–Trinajstić information content (AvgIpc) is 2.13. The Bertz CT molecular complexity index is 159. The molecule has 2 nitrogen and oxygen atoms in total. The molecule has 0 atom stereocenters. The molecule has 0 rings (SSSR count). The maximum absolute atomic E-state index is 3.54. The first-order chi connectivity index (χ1) is 7.35. The highest BCUT2D eigenvalue weighted by Gasteiger charge is 2.08. The summed E-state index contributed by atoms with van der Waals surface area (Å²) in [5.41, 5.74) is 0.266. The van der Waals surface area contributed by atoms with Crippen LogP contribution in [0.25, 0.3) is 0 Å². The SMILES string of the molecule is CCN(CCCCNC(C)(C)C)CC(C)C. The van der Waals surface area contributed by atoms with Gasteiger partial charge < -0.3 is 10.2 Å². The number of unbranched alkanes of at least 4 members (excludes halogenated alkanes) is 1. The Morgan fingerprint density at radius 2 is 1.75 bits per heavy atom. The smallest absolute Gasteiger partial charge is 0.00965 e. The van der Waals surface area contributed by atoms with Crippen molar-refractivity contribution >= 4 is 0 Å². The molecule has 0 unspecified atom stereocenters. The van der Waals surface area contributed by atoms with E-state index in [0.29, 0.717) is 0 Å². The second-order valence-electron chi connectivity index (χ2n) is 6.17. The summed E-state index contributed by atoms with van der Waals surface area (Å²) >= 11 is 0. The lowest BCUT2D eigenvalue weighted by Gasteiger charge is -2.23. The Morgan fingerprint density at radius 3 is 2.19 bits per heavy atom. The van der Waals surface area contributed by atoms with Crippen LogP contribution in [0.15, 0.2) is 0 Å². The van der Waals surface area contributed by atoms with E-state index >= 15 is 0 Å². The van der Waals surface area contributed by atoms with Gasteiger partial charge in [-0.3, -0.25) is 0 Å². The van der Waals surface area contributed by atoms with Crippen molar-refractivity contribution < 1.29 is 0 Å². The van der Waals surface area contributed by atoms with Crippen LogP contribution in [-0.2, 0) is 0 Å². The summed E-state index contributed by atoms with van der Waals surface area (Å²) in [5.74, 6) is 0.785. The first-order valence-corrected chi connectivity index (χ1v) is 6.82. The number of hydrogen-bond donors (Lipinski definition) is 1. The molecular formula is C14H32N2. The van der Waals surface area contributed by atoms with Crippen LogP contribution in [0, 0.1) is 5.92 Å². The number of nitrogens with one attached hydrogen (secondary N) is 1. The molecule has 0 saturated heterocycles. The molecule has 0 aliphatic carbocycles. The summed E-state index contributed by atoms with van der Waals surface area (Å²) in [6.07, 6.45) is 2.59. The van der Waals surface area contributed by atoms with Gasteiger partial charge >= 0.3 is 0 Å². The maximum Gasteiger partial charge on any atom is 0.00965 e. The third kappa shape index (κ3) is 10.4. The van der Waals surface area contributed by atoms with Gasteiger partial charge in [-0.25, -0.2) is 0 Å². The fraction of sp³-hybridized carbons (Fsp3) is 1.00. The van der Waals surface area contributed by atoms with Crippen molar-refractivity contribution in [2.75, 3.05) is 26.2 Å². The number of hydrogen-bond acceptors (Lipinski definition) is 2. The Kier molecular flexibility index (Phi) is 8.04. The molecule has 0 aromatic rings. The minimum atomic E-state index is 0.266. The highest BCUT2D eigenvalue weighted by molar-refractivity contribution is 4.70. The normalized spacial score (nSPS) is 12.8. The Hall–Kier alpha value is -0.0800. The lowest BCUT2D eigenvalue weighted by atomic mass is 10.1. The van der Waals surface area contributed by atoms with Crippen LogP contribution in [0.3, 0.4) is 0 Å². The van der Waals surface area contributed by atoms with Gasteiger partial charge in [-0.15, -0.1) is 0 Å². The molecule has 0 spiro atoms. The fourth-order valence-electron chi connectivity index (χ4n) is 1.82. The second kappa shape index (κ2) is 8.08. The lowest BCUT2D eigenvalue weighted by Crippen LogP contribution is -2.36. The van der Waals surface area contributed by atoms with Crippen molar-refractivity contribution in [1.82, 2.24) is 10.2 Å². The van der Waals surface area contributed by atoms with Crippen LogP contribution in [0.1, 0.15) is 54.4 Å². The summed E-state index contributed by atoms with van der Waals surface area (Å²) in [4.78, 5) is 2.56. The van der Waals surface area contributed by atoms with Crippen LogP contribution >= 0.6 is 0 Å². The second-order valence-corrected chi connectivity index (χ2v) is 6.17. The van der Waals surface area contributed by atoms with Gasteiger partial charge in [0.1, 0.15) is 0 Å². The predicted molar refractivity (Wildman–Crippen MR) is 73.9 cm³/mol. The molecule has 16 heavy (non-hydrogen) atoms. The van der Waals surface area contributed by atoms with E-state index in [4.69, 9.17) is 0 Å². The van der Waals surface area contributed by atoms with Gasteiger partial charge in [0.2, 0.25) is 0 Å². The van der Waals surface area contributed by atoms with Gasteiger partial charge in [0, 0.05) is 12.1 Å². The molecule has 0 heterocycles. The van der Waals surface area contributed by atoms with E-state index in [1.54, 1.807) is 0 Å². The van der Waals surface area contributed by atoms with Crippen molar-refractivity contribution in [2.45, 2.75) is 59.9 Å². The fourth-order valence-corrected chi connectivity index (χ4v) is 1.82. The van der Waals surface area contributed by atoms with Crippen molar-refractivity contribution in [3.05, 3.63) is 0 Å². The minimum Gasteiger partial charge on any atom is -0.312 e. The molecule has 0 radical (unpaired) electrons. The Balaban J connectivity index is 3.48. The van der Waals surface area contributed by atoms with Crippen molar-refractivity contribution in [1.29, 1.82) is 0 Å². The van der Waals surface area contributed by atoms with Crippen LogP contribution < -0.4 is 5.32 Å². The lowest BCUT2D eigenvalue weighted by molar-refractivity contribution is 0.250. The largest absolute Gasteiger partial charge is 0.312 e. The molecule has 0 aromatic heterocycles. The van der Waals surface area contributed by atoms with E-state index in [2.05, 4.69) is 51.8 Å². The molecule has 98 valence electrons. The van der Waals surface area contributed by atoms with Gasteiger partial charge in [-0.2, -0.15) is 0 Å². The van der Waals surface area contributed by atoms with E-state index in [1.807, 2.05) is 0 Å². The van der Waals surface area contributed by atoms with Gasteiger partial charge in [-0.1, -0.05) is 20.8 Å². The topological polar surface area (TPSA) is 15.3 Å². The first-order valence-electron chi connectivity index (χ1n) is 6.82. The van der Waals surface area contributed by atoms with E-state index in [9.17, 15) is 0 Å². The van der Waals surface area contributed by atoms with Crippen LogP contribution in [0.4, 0.5) is 0 Å². The quantitative estimate of drug-likeness (QED) is 0.642. The van der Waals surface area contributed by atoms with E-state index < -0.39 is 0 Å². The minimum absolute atomic E-state index is 0.266. The summed E-state index contributed by atoms with van der Waals surface area (Å²) in [5, 5.41) is 3.54. The molecule has 0 saturated carbocycles. The summed E-state index contributed by atoms with van der Waals surface area (Å²) in [7, 11) is 0. The molecule has 0 fully saturated rings. The van der Waals surface area contributed by atoms with Crippen LogP contribution in [-0.4, -0.2) is 36.6 Å². The van der Waals surface area contributed by atoms with Crippen LogP contribution in [0.2, 0.25) is 0 Å². The summed E-state index contributed by atoms with van der Waals surface area (Å²) in [6.45, 7) is 18.3. The van der Waals surface area contributed by atoms with Gasteiger partial charge in [-0.05, 0) is 59.2 Å². The van der Waals surface area contributed by atoms with Gasteiger partial charge in [0.25, 0.3) is 0 Å². The van der Waals surface area contributed by atoms with Crippen molar-refractivity contribution in [3.63, 3.8) is 0 Å². The molecular weight excluding hydrogens is 196 g/mol. The van der Waals surface area contributed by atoms with Crippen molar-refractivity contribution in [3.8, 4) is 0 Å². The third-order valence-corrected chi connectivity index (χ3v) is 2.63. The molecule has 0 aliphatic rings. The monoisotopic (exact) mass is 228 g/mol. The zero-order valence-electron chi connectivity index (χ0n) is 12.3. The molecule has 0 amide bonds. The molecule has 0 bridgehead atoms. The van der Waals surface area contributed by atoms with Gasteiger partial charge in [0.15, 0.2) is 0 Å². The van der Waals surface area contributed by atoms with E-state index in [-0.39, 0.29) is 5.54 Å². The average molecular weight is 228 g/mol.